The van der Waals surface area contributed by atoms with Crippen LogP contribution in [0.1, 0.15) is 25.3 Å². The van der Waals surface area contributed by atoms with Crippen LogP contribution in [0.5, 0.6) is 0 Å². The third-order valence-corrected chi connectivity index (χ3v) is 6.01. The lowest BCUT2D eigenvalue weighted by Gasteiger charge is -2.20. The molecule has 36 heavy (non-hydrogen) atoms. The van der Waals surface area contributed by atoms with Gasteiger partial charge in [0.1, 0.15) is 17.2 Å². The monoisotopic (exact) mass is 483 g/mol. The van der Waals surface area contributed by atoms with Gasteiger partial charge in [0.05, 0.1) is 28.4 Å². The summed E-state index contributed by atoms with van der Waals surface area (Å²) in [5, 5.41) is 2.90. The van der Waals surface area contributed by atoms with E-state index in [1.165, 1.54) is 18.2 Å². The molecule has 4 heterocycles. The minimum Gasteiger partial charge on any atom is -0.353 e. The molecule has 0 spiro atoms. The molecule has 1 unspecified atom stereocenters. The first-order valence-corrected chi connectivity index (χ1v) is 11.5. The van der Waals surface area contributed by atoms with Gasteiger partial charge in [0.2, 0.25) is 11.9 Å². The number of nitrogens with zero attached hydrogens (tertiary/aromatic N) is 3. The molecule has 4 aromatic heterocycles. The molecule has 1 aromatic carbocycles. The second-order valence-electron chi connectivity index (χ2n) is 8.81. The number of rotatable bonds is 6. The smallest absolute Gasteiger partial charge is 0.233 e. The number of benzene rings is 1. The number of halogens is 2. The lowest BCUT2D eigenvalue weighted by molar-refractivity contribution is -0.118. The number of aromatic nitrogens is 4. The minimum atomic E-state index is -0.589. The van der Waals surface area contributed by atoms with Crippen LogP contribution >= 0.6 is 0 Å². The fourth-order valence-electron chi connectivity index (χ4n) is 4.39. The van der Waals surface area contributed by atoms with Crippen molar-refractivity contribution in [3.8, 4) is 22.5 Å². The summed E-state index contributed by atoms with van der Waals surface area (Å²) >= 11 is 0. The molecule has 0 saturated heterocycles. The second-order valence-corrected chi connectivity index (χ2v) is 8.81. The molecule has 0 aliphatic carbocycles. The fourth-order valence-corrected chi connectivity index (χ4v) is 4.39. The molecule has 0 aliphatic heterocycles. The van der Waals surface area contributed by atoms with Crippen LogP contribution in [0.3, 0.4) is 0 Å². The summed E-state index contributed by atoms with van der Waals surface area (Å²) in [6, 6.07) is 17.9. The maximum Gasteiger partial charge on any atom is 0.233 e. The van der Waals surface area contributed by atoms with Crippen molar-refractivity contribution >= 4 is 22.8 Å². The predicted molar refractivity (Wildman–Crippen MR) is 135 cm³/mol. The number of pyridine rings is 3. The molecular formula is C28H23F2N5O. The molecule has 180 valence electrons. The number of carbonyl (C=O) groups is 1. The van der Waals surface area contributed by atoms with Crippen LogP contribution in [-0.4, -0.2) is 25.8 Å². The zero-order valence-corrected chi connectivity index (χ0v) is 19.7. The fraction of sp³-hybridized carbons (Fsp3) is 0.143. The van der Waals surface area contributed by atoms with Crippen LogP contribution in [-0.2, 0) is 4.79 Å². The average molecular weight is 484 g/mol. The summed E-state index contributed by atoms with van der Waals surface area (Å²) in [5.74, 6) is -1.34. The van der Waals surface area contributed by atoms with E-state index in [2.05, 4.69) is 25.3 Å². The lowest BCUT2D eigenvalue weighted by Crippen LogP contribution is -2.25. The molecule has 5 rings (SSSR count). The quantitative estimate of drug-likeness (QED) is 0.276. The Bertz CT molecular complexity index is 1530. The van der Waals surface area contributed by atoms with Gasteiger partial charge in [0, 0.05) is 18.0 Å². The van der Waals surface area contributed by atoms with E-state index in [1.807, 2.05) is 26.0 Å². The first-order chi connectivity index (χ1) is 17.4. The summed E-state index contributed by atoms with van der Waals surface area (Å²) in [6.45, 7) is 3.88. The number of anilines is 1. The van der Waals surface area contributed by atoms with Crippen LogP contribution in [0, 0.1) is 17.7 Å². The molecule has 6 nitrogen and oxygen atoms in total. The maximum atomic E-state index is 14.0. The lowest BCUT2D eigenvalue weighted by atomic mass is 9.87. The Labute approximate surface area is 206 Å². The van der Waals surface area contributed by atoms with E-state index < -0.39 is 11.9 Å². The van der Waals surface area contributed by atoms with Gasteiger partial charge in [-0.1, -0.05) is 32.0 Å². The summed E-state index contributed by atoms with van der Waals surface area (Å²) in [4.78, 5) is 29.4. The van der Waals surface area contributed by atoms with Gasteiger partial charge in [0.25, 0.3) is 0 Å². The largest absolute Gasteiger partial charge is 0.353 e. The minimum absolute atomic E-state index is 0.0240. The van der Waals surface area contributed by atoms with Gasteiger partial charge in [-0.05, 0) is 60.0 Å². The van der Waals surface area contributed by atoms with E-state index in [1.54, 1.807) is 48.8 Å². The average Bonchev–Trinajstić information content (AvgIpc) is 3.24. The number of H-pyrrole nitrogens is 1. The molecule has 5 aromatic rings. The van der Waals surface area contributed by atoms with Crippen molar-refractivity contribution in [1.29, 1.82) is 0 Å². The van der Waals surface area contributed by atoms with Crippen molar-refractivity contribution in [2.45, 2.75) is 19.8 Å². The second kappa shape index (κ2) is 9.65. The summed E-state index contributed by atoms with van der Waals surface area (Å²) in [7, 11) is 0. The zero-order chi connectivity index (χ0) is 25.2. The maximum absolute atomic E-state index is 14.0. The van der Waals surface area contributed by atoms with Crippen molar-refractivity contribution in [1.82, 2.24) is 19.9 Å². The third kappa shape index (κ3) is 4.57. The molecule has 8 heteroatoms. The van der Waals surface area contributed by atoms with Gasteiger partial charge in [-0.2, -0.15) is 4.39 Å². The Morgan fingerprint density at radius 1 is 0.944 bits per heavy atom. The van der Waals surface area contributed by atoms with Gasteiger partial charge in [-0.25, -0.2) is 14.4 Å². The SMILES string of the molecule is CC(C)C(C(=O)Nc1cc(-c2[nH]c3ccc(F)nc3c2-c2ccccn2)ccn1)c1ccc(F)cc1. The van der Waals surface area contributed by atoms with Crippen molar-refractivity contribution in [3.63, 3.8) is 0 Å². The number of hydrogen-bond donors (Lipinski definition) is 2. The van der Waals surface area contributed by atoms with Gasteiger partial charge < -0.3 is 10.3 Å². The Morgan fingerprint density at radius 3 is 2.47 bits per heavy atom. The van der Waals surface area contributed by atoms with Crippen LogP contribution in [0.2, 0.25) is 0 Å². The van der Waals surface area contributed by atoms with Crippen LogP contribution < -0.4 is 5.32 Å². The van der Waals surface area contributed by atoms with E-state index in [0.29, 0.717) is 33.8 Å². The molecule has 1 amide bonds. The Kier molecular flexibility index (Phi) is 6.25. The van der Waals surface area contributed by atoms with E-state index in [4.69, 9.17) is 0 Å². The molecule has 0 saturated carbocycles. The van der Waals surface area contributed by atoms with Crippen molar-refractivity contribution in [2.24, 2.45) is 5.92 Å². The topological polar surface area (TPSA) is 83.6 Å². The highest BCUT2D eigenvalue weighted by atomic mass is 19.1. The van der Waals surface area contributed by atoms with Crippen molar-refractivity contribution in [3.05, 3.63) is 96.5 Å². The van der Waals surface area contributed by atoms with Crippen LogP contribution in [0.25, 0.3) is 33.5 Å². The molecule has 0 bridgehead atoms. The standard InChI is InChI=1S/C28H23F2N5O/c1-16(2)24(17-6-8-19(29)9-7-17)28(36)35-23-15-18(12-14-32-23)26-25(20-5-3-4-13-31-20)27-21(33-26)10-11-22(30)34-27/h3-16,24,33H,1-2H3,(H,32,35,36). The zero-order valence-electron chi connectivity index (χ0n) is 19.7. The van der Waals surface area contributed by atoms with E-state index >= 15 is 0 Å². The first-order valence-electron chi connectivity index (χ1n) is 11.5. The normalized spacial score (nSPS) is 12.1. The Hall–Kier alpha value is -4.46. The van der Waals surface area contributed by atoms with E-state index in [-0.39, 0.29) is 17.6 Å². The number of nitrogens with one attached hydrogen (secondary N) is 2. The van der Waals surface area contributed by atoms with Crippen molar-refractivity contribution < 1.29 is 13.6 Å². The van der Waals surface area contributed by atoms with E-state index in [0.717, 1.165) is 11.1 Å². The highest BCUT2D eigenvalue weighted by molar-refractivity contribution is 6.01. The predicted octanol–water partition coefficient (Wildman–Crippen LogP) is 6.34. The number of hydrogen-bond acceptors (Lipinski definition) is 4. The van der Waals surface area contributed by atoms with Gasteiger partial charge in [-0.15, -0.1) is 0 Å². The molecule has 0 aliphatic rings. The van der Waals surface area contributed by atoms with Crippen LogP contribution in [0.15, 0.2) is 79.1 Å². The highest BCUT2D eigenvalue weighted by Crippen LogP contribution is 2.37. The Balaban J connectivity index is 1.53. The van der Waals surface area contributed by atoms with Crippen molar-refractivity contribution in [2.75, 3.05) is 5.32 Å². The van der Waals surface area contributed by atoms with Gasteiger partial charge in [0.15, 0.2) is 0 Å². The highest BCUT2D eigenvalue weighted by Gasteiger charge is 2.25. The number of fused-ring (bicyclic) bond motifs is 1. The van der Waals surface area contributed by atoms with E-state index in [9.17, 15) is 13.6 Å². The number of amides is 1. The van der Waals surface area contributed by atoms with Gasteiger partial charge in [-0.3, -0.25) is 9.78 Å². The van der Waals surface area contributed by atoms with Crippen LogP contribution in [0.4, 0.5) is 14.6 Å². The summed E-state index contributed by atoms with van der Waals surface area (Å²) in [6.07, 6.45) is 3.26. The Morgan fingerprint density at radius 2 is 1.75 bits per heavy atom. The first kappa shape index (κ1) is 23.3. The molecule has 2 N–H and O–H groups in total. The van der Waals surface area contributed by atoms with Gasteiger partial charge >= 0.3 is 0 Å². The number of carbonyl (C=O) groups excluding carboxylic acids is 1. The summed E-state index contributed by atoms with van der Waals surface area (Å²) in [5.41, 5.74) is 4.53. The number of aromatic amines is 1. The molecule has 0 fully saturated rings. The molecular weight excluding hydrogens is 460 g/mol. The molecule has 0 radical (unpaired) electrons. The summed E-state index contributed by atoms with van der Waals surface area (Å²) < 4.78 is 27.4. The molecule has 1 atom stereocenters. The third-order valence-electron chi connectivity index (χ3n) is 6.01.